The van der Waals surface area contributed by atoms with Gasteiger partial charge in [0, 0.05) is 6.61 Å². The summed E-state index contributed by atoms with van der Waals surface area (Å²) < 4.78 is 5.79. The standard InChI is InChI=1S/C14H20O2/c1-11-7-3-4-8-12(11)13(15)14(2)9-5-6-10-16-14/h3-4,7-8,13,15H,5-6,9-10H2,1-2H3. The van der Waals surface area contributed by atoms with Crippen molar-refractivity contribution < 1.29 is 9.84 Å². The van der Waals surface area contributed by atoms with E-state index in [1.807, 2.05) is 38.1 Å². The van der Waals surface area contributed by atoms with E-state index in [1.165, 1.54) is 0 Å². The first kappa shape index (κ1) is 11.6. The van der Waals surface area contributed by atoms with E-state index < -0.39 is 11.7 Å². The molecule has 0 aromatic heterocycles. The lowest BCUT2D eigenvalue weighted by Gasteiger charge is -2.38. The number of rotatable bonds is 2. The second kappa shape index (κ2) is 4.56. The van der Waals surface area contributed by atoms with Gasteiger partial charge in [0.15, 0.2) is 0 Å². The van der Waals surface area contributed by atoms with Gasteiger partial charge in [-0.25, -0.2) is 0 Å². The average Bonchev–Trinajstić information content (AvgIpc) is 2.30. The Balaban J connectivity index is 2.24. The number of hydrogen-bond donors (Lipinski definition) is 1. The highest BCUT2D eigenvalue weighted by Crippen LogP contribution is 2.37. The predicted molar refractivity (Wildman–Crippen MR) is 64.3 cm³/mol. The fraction of sp³-hybridized carbons (Fsp3) is 0.571. The maximum absolute atomic E-state index is 10.5. The Hall–Kier alpha value is -0.860. The van der Waals surface area contributed by atoms with Gasteiger partial charge in [0.2, 0.25) is 0 Å². The summed E-state index contributed by atoms with van der Waals surface area (Å²) in [6.45, 7) is 4.81. The lowest BCUT2D eigenvalue weighted by molar-refractivity contribution is -0.138. The minimum Gasteiger partial charge on any atom is -0.385 e. The van der Waals surface area contributed by atoms with Gasteiger partial charge >= 0.3 is 0 Å². The van der Waals surface area contributed by atoms with Gasteiger partial charge in [-0.05, 0) is 44.2 Å². The molecular formula is C14H20O2. The molecule has 2 nitrogen and oxygen atoms in total. The highest BCUT2D eigenvalue weighted by atomic mass is 16.5. The van der Waals surface area contributed by atoms with Crippen LogP contribution in [0.15, 0.2) is 24.3 Å². The first-order valence-corrected chi connectivity index (χ1v) is 6.01. The summed E-state index contributed by atoms with van der Waals surface area (Å²) in [5.74, 6) is 0. The largest absolute Gasteiger partial charge is 0.385 e. The summed E-state index contributed by atoms with van der Waals surface area (Å²) in [4.78, 5) is 0. The lowest BCUT2D eigenvalue weighted by Crippen LogP contribution is -2.39. The number of aliphatic hydroxyl groups is 1. The summed E-state index contributed by atoms with van der Waals surface area (Å²) in [5, 5.41) is 10.5. The summed E-state index contributed by atoms with van der Waals surface area (Å²) in [5.41, 5.74) is 1.71. The van der Waals surface area contributed by atoms with E-state index in [9.17, 15) is 5.11 Å². The number of aliphatic hydroxyl groups excluding tert-OH is 1. The van der Waals surface area contributed by atoms with Crippen LogP contribution in [-0.2, 0) is 4.74 Å². The maximum Gasteiger partial charge on any atom is 0.108 e. The second-order valence-corrected chi connectivity index (χ2v) is 4.88. The third-order valence-electron chi connectivity index (χ3n) is 3.56. The van der Waals surface area contributed by atoms with Crippen molar-refractivity contribution in [3.8, 4) is 0 Å². The summed E-state index contributed by atoms with van der Waals surface area (Å²) in [7, 11) is 0. The molecule has 88 valence electrons. The van der Waals surface area contributed by atoms with Crippen LogP contribution >= 0.6 is 0 Å². The van der Waals surface area contributed by atoms with Crippen molar-refractivity contribution in [1.29, 1.82) is 0 Å². The Bertz CT molecular complexity index is 354. The fourth-order valence-electron chi connectivity index (χ4n) is 2.39. The van der Waals surface area contributed by atoms with Crippen LogP contribution in [0.5, 0.6) is 0 Å². The molecule has 2 rings (SSSR count). The van der Waals surface area contributed by atoms with Crippen molar-refractivity contribution in [3.63, 3.8) is 0 Å². The zero-order chi connectivity index (χ0) is 11.6. The molecule has 2 unspecified atom stereocenters. The molecule has 1 fully saturated rings. The molecule has 16 heavy (non-hydrogen) atoms. The van der Waals surface area contributed by atoms with Gasteiger partial charge in [0.25, 0.3) is 0 Å². The van der Waals surface area contributed by atoms with Crippen molar-refractivity contribution in [2.24, 2.45) is 0 Å². The number of aryl methyl sites for hydroxylation is 1. The Labute approximate surface area is 97.3 Å². The van der Waals surface area contributed by atoms with E-state index in [1.54, 1.807) is 0 Å². The van der Waals surface area contributed by atoms with Crippen LogP contribution in [0.4, 0.5) is 0 Å². The normalized spacial score (nSPS) is 27.7. The summed E-state index contributed by atoms with van der Waals surface area (Å²) in [6.07, 6.45) is 2.66. The lowest BCUT2D eigenvalue weighted by atomic mass is 9.85. The molecule has 0 radical (unpaired) electrons. The molecule has 0 saturated carbocycles. The van der Waals surface area contributed by atoms with Gasteiger partial charge in [-0.2, -0.15) is 0 Å². The molecule has 2 heteroatoms. The molecule has 2 atom stereocenters. The SMILES string of the molecule is Cc1ccccc1C(O)C1(C)CCCCO1. The monoisotopic (exact) mass is 220 g/mol. The van der Waals surface area contributed by atoms with Crippen molar-refractivity contribution in [3.05, 3.63) is 35.4 Å². The average molecular weight is 220 g/mol. The Morgan fingerprint density at radius 2 is 2.06 bits per heavy atom. The first-order chi connectivity index (χ1) is 7.63. The quantitative estimate of drug-likeness (QED) is 0.830. The Morgan fingerprint density at radius 3 is 2.69 bits per heavy atom. The maximum atomic E-state index is 10.5. The minimum atomic E-state index is -0.519. The molecule has 1 aromatic rings. The van der Waals surface area contributed by atoms with E-state index in [2.05, 4.69) is 0 Å². The van der Waals surface area contributed by atoms with Gasteiger partial charge in [-0.15, -0.1) is 0 Å². The molecule has 1 aliphatic heterocycles. The van der Waals surface area contributed by atoms with Crippen molar-refractivity contribution >= 4 is 0 Å². The van der Waals surface area contributed by atoms with E-state index in [0.29, 0.717) is 0 Å². The number of ether oxygens (including phenoxy) is 1. The van der Waals surface area contributed by atoms with Crippen LogP contribution in [0.3, 0.4) is 0 Å². The molecule has 1 aliphatic rings. The molecule has 0 amide bonds. The third kappa shape index (κ3) is 2.13. The van der Waals surface area contributed by atoms with Crippen LogP contribution < -0.4 is 0 Å². The third-order valence-corrected chi connectivity index (χ3v) is 3.56. The van der Waals surface area contributed by atoms with Crippen LogP contribution in [0.25, 0.3) is 0 Å². The van der Waals surface area contributed by atoms with Crippen LogP contribution in [0.1, 0.15) is 43.4 Å². The van der Waals surface area contributed by atoms with E-state index in [0.717, 1.165) is 37.0 Å². The Morgan fingerprint density at radius 1 is 1.31 bits per heavy atom. The molecule has 1 heterocycles. The van der Waals surface area contributed by atoms with E-state index >= 15 is 0 Å². The topological polar surface area (TPSA) is 29.5 Å². The molecule has 1 aromatic carbocycles. The van der Waals surface area contributed by atoms with Crippen LogP contribution in [0.2, 0.25) is 0 Å². The van der Waals surface area contributed by atoms with Crippen molar-refractivity contribution in [2.75, 3.05) is 6.61 Å². The Kier molecular flexibility index (Phi) is 3.31. The first-order valence-electron chi connectivity index (χ1n) is 6.01. The molecule has 1 N–H and O–H groups in total. The molecule has 1 saturated heterocycles. The zero-order valence-electron chi connectivity index (χ0n) is 10.1. The number of hydrogen-bond acceptors (Lipinski definition) is 2. The zero-order valence-corrected chi connectivity index (χ0v) is 10.1. The van der Waals surface area contributed by atoms with Gasteiger partial charge in [-0.1, -0.05) is 24.3 Å². The van der Waals surface area contributed by atoms with Gasteiger partial charge in [0.1, 0.15) is 6.10 Å². The highest BCUT2D eigenvalue weighted by molar-refractivity contribution is 5.29. The summed E-state index contributed by atoms with van der Waals surface area (Å²) >= 11 is 0. The van der Waals surface area contributed by atoms with Crippen molar-refractivity contribution in [2.45, 2.75) is 44.8 Å². The van der Waals surface area contributed by atoms with E-state index in [4.69, 9.17) is 4.74 Å². The van der Waals surface area contributed by atoms with Gasteiger partial charge < -0.3 is 9.84 Å². The summed E-state index contributed by atoms with van der Waals surface area (Å²) in [6, 6.07) is 7.99. The second-order valence-electron chi connectivity index (χ2n) is 4.88. The highest BCUT2D eigenvalue weighted by Gasteiger charge is 2.37. The smallest absolute Gasteiger partial charge is 0.108 e. The van der Waals surface area contributed by atoms with Gasteiger partial charge in [-0.3, -0.25) is 0 Å². The van der Waals surface area contributed by atoms with Gasteiger partial charge in [0.05, 0.1) is 5.60 Å². The molecule has 0 aliphatic carbocycles. The predicted octanol–water partition coefficient (Wildman–Crippen LogP) is 2.99. The van der Waals surface area contributed by atoms with E-state index in [-0.39, 0.29) is 0 Å². The molecule has 0 spiro atoms. The fourth-order valence-corrected chi connectivity index (χ4v) is 2.39. The molecule has 0 bridgehead atoms. The van der Waals surface area contributed by atoms with Crippen LogP contribution in [-0.4, -0.2) is 17.3 Å². The minimum absolute atomic E-state index is 0.412. The number of benzene rings is 1. The van der Waals surface area contributed by atoms with Crippen LogP contribution in [0, 0.1) is 6.92 Å². The molecular weight excluding hydrogens is 200 g/mol. The van der Waals surface area contributed by atoms with Crippen molar-refractivity contribution in [1.82, 2.24) is 0 Å².